The summed E-state index contributed by atoms with van der Waals surface area (Å²) in [7, 11) is 4.08. The van der Waals surface area contributed by atoms with Crippen molar-refractivity contribution in [3.8, 4) is 16.9 Å². The molecule has 0 radical (unpaired) electrons. The molecule has 0 unspecified atom stereocenters. The Morgan fingerprint density at radius 1 is 1.08 bits per heavy atom. The molecule has 0 saturated carbocycles. The minimum atomic E-state index is 0.526. The summed E-state index contributed by atoms with van der Waals surface area (Å²) in [5.41, 5.74) is 5.41. The number of fused-ring (bicyclic) bond motifs is 1. The van der Waals surface area contributed by atoms with E-state index >= 15 is 0 Å². The first-order valence-corrected chi connectivity index (χ1v) is 8.89. The lowest BCUT2D eigenvalue weighted by Gasteiger charge is -2.13. The van der Waals surface area contributed by atoms with Crippen molar-refractivity contribution >= 4 is 34.7 Å². The van der Waals surface area contributed by atoms with Gasteiger partial charge in [-0.15, -0.1) is 0 Å². The van der Waals surface area contributed by atoms with Crippen molar-refractivity contribution in [3.05, 3.63) is 58.1 Å². The van der Waals surface area contributed by atoms with Crippen molar-refractivity contribution in [1.82, 2.24) is 9.78 Å². The lowest BCUT2D eigenvalue weighted by molar-refractivity contribution is 0.882. The van der Waals surface area contributed by atoms with Gasteiger partial charge in [-0.2, -0.15) is 5.10 Å². The van der Waals surface area contributed by atoms with E-state index in [9.17, 15) is 0 Å². The molecule has 6 heteroatoms. The zero-order valence-corrected chi connectivity index (χ0v) is 15.6. The minimum Gasteiger partial charge on any atom is -0.378 e. The number of halogens is 2. The standard InChI is InChI=1S/C19H18Cl2N4/c1-24(2)13-5-3-4-12(10-13)18-15-8-9-22-19(15)25(23-18)14-6-7-16(20)17(21)11-14/h3-7,10-11,22H,8-9H2,1-2H3. The predicted octanol–water partition coefficient (Wildman–Crippen LogP) is 4.88. The van der Waals surface area contributed by atoms with E-state index in [0.717, 1.165) is 41.4 Å². The number of rotatable bonds is 3. The molecule has 0 bridgehead atoms. The Kier molecular flexibility index (Phi) is 4.10. The summed E-state index contributed by atoms with van der Waals surface area (Å²) in [5.74, 6) is 1.03. The van der Waals surface area contributed by atoms with Crippen LogP contribution in [0, 0.1) is 0 Å². The number of benzene rings is 2. The molecule has 0 atom stereocenters. The fraction of sp³-hybridized carbons (Fsp3) is 0.211. The number of hydrogen-bond acceptors (Lipinski definition) is 3. The summed E-state index contributed by atoms with van der Waals surface area (Å²) >= 11 is 12.2. The molecule has 2 aromatic carbocycles. The van der Waals surface area contributed by atoms with Gasteiger partial charge in [-0.3, -0.25) is 0 Å². The number of aromatic nitrogens is 2. The molecule has 4 nitrogen and oxygen atoms in total. The van der Waals surface area contributed by atoms with Gasteiger partial charge in [0, 0.05) is 37.5 Å². The van der Waals surface area contributed by atoms with E-state index in [1.807, 2.05) is 30.9 Å². The molecule has 2 heterocycles. The quantitative estimate of drug-likeness (QED) is 0.710. The molecule has 0 fully saturated rings. The highest BCUT2D eigenvalue weighted by Gasteiger charge is 2.24. The van der Waals surface area contributed by atoms with Gasteiger partial charge < -0.3 is 10.2 Å². The molecule has 1 aliphatic rings. The molecule has 0 aliphatic carbocycles. The van der Waals surface area contributed by atoms with Crippen molar-refractivity contribution in [2.45, 2.75) is 6.42 Å². The average molecular weight is 373 g/mol. The summed E-state index contributed by atoms with van der Waals surface area (Å²) < 4.78 is 1.92. The molecule has 0 saturated heterocycles. The molecule has 1 aliphatic heterocycles. The summed E-state index contributed by atoms with van der Waals surface area (Å²) in [6, 6.07) is 14.0. The summed E-state index contributed by atoms with van der Waals surface area (Å²) in [6.45, 7) is 0.912. The number of anilines is 2. The van der Waals surface area contributed by atoms with Crippen molar-refractivity contribution in [3.63, 3.8) is 0 Å². The number of hydrogen-bond donors (Lipinski definition) is 1. The van der Waals surface area contributed by atoms with Gasteiger partial charge in [0.1, 0.15) is 5.82 Å². The number of nitrogens with zero attached hydrogens (tertiary/aromatic N) is 3. The van der Waals surface area contributed by atoms with E-state index in [4.69, 9.17) is 28.3 Å². The molecular formula is C19H18Cl2N4. The van der Waals surface area contributed by atoms with E-state index in [2.05, 4.69) is 34.5 Å². The third-order valence-corrected chi connectivity index (χ3v) is 5.17. The Morgan fingerprint density at radius 2 is 1.92 bits per heavy atom. The third-order valence-electron chi connectivity index (χ3n) is 4.43. The molecule has 3 aromatic rings. The first-order chi connectivity index (χ1) is 12.0. The lowest BCUT2D eigenvalue weighted by Crippen LogP contribution is -2.08. The van der Waals surface area contributed by atoms with Gasteiger partial charge in [0.2, 0.25) is 0 Å². The smallest absolute Gasteiger partial charge is 0.133 e. The van der Waals surface area contributed by atoms with Gasteiger partial charge in [0.25, 0.3) is 0 Å². The van der Waals surface area contributed by atoms with Gasteiger partial charge in [-0.1, -0.05) is 35.3 Å². The van der Waals surface area contributed by atoms with E-state index < -0.39 is 0 Å². The van der Waals surface area contributed by atoms with E-state index in [0.29, 0.717) is 10.0 Å². The average Bonchev–Trinajstić information content (AvgIpc) is 3.20. The number of nitrogens with one attached hydrogen (secondary N) is 1. The van der Waals surface area contributed by atoms with E-state index in [-0.39, 0.29) is 0 Å². The molecule has 1 aromatic heterocycles. The molecule has 128 valence electrons. The van der Waals surface area contributed by atoms with Crippen LogP contribution in [0.15, 0.2) is 42.5 Å². The van der Waals surface area contributed by atoms with Crippen molar-refractivity contribution in [2.24, 2.45) is 0 Å². The van der Waals surface area contributed by atoms with Gasteiger partial charge in [0.15, 0.2) is 0 Å². The largest absolute Gasteiger partial charge is 0.378 e. The first-order valence-electron chi connectivity index (χ1n) is 8.13. The Balaban J connectivity index is 1.86. The summed E-state index contributed by atoms with van der Waals surface area (Å²) in [4.78, 5) is 2.10. The van der Waals surface area contributed by atoms with Crippen LogP contribution >= 0.6 is 23.2 Å². The van der Waals surface area contributed by atoms with Crippen LogP contribution in [-0.4, -0.2) is 30.4 Å². The van der Waals surface area contributed by atoms with Gasteiger partial charge in [-0.05, 0) is 36.8 Å². The van der Waals surface area contributed by atoms with Gasteiger partial charge >= 0.3 is 0 Å². The Labute approximate surface area is 157 Å². The minimum absolute atomic E-state index is 0.526. The first kappa shape index (κ1) is 16.3. The molecule has 25 heavy (non-hydrogen) atoms. The van der Waals surface area contributed by atoms with Crippen molar-refractivity contribution in [2.75, 3.05) is 30.9 Å². The molecule has 0 spiro atoms. The highest BCUT2D eigenvalue weighted by Crippen LogP contribution is 2.36. The maximum absolute atomic E-state index is 6.20. The fourth-order valence-electron chi connectivity index (χ4n) is 3.14. The normalized spacial score (nSPS) is 12.8. The molecular weight excluding hydrogens is 355 g/mol. The van der Waals surface area contributed by atoms with Crippen LogP contribution in [0.2, 0.25) is 10.0 Å². The summed E-state index contributed by atoms with van der Waals surface area (Å²) in [6.07, 6.45) is 0.957. The second-order valence-corrected chi connectivity index (χ2v) is 7.12. The van der Waals surface area contributed by atoms with Crippen LogP contribution < -0.4 is 10.2 Å². The second-order valence-electron chi connectivity index (χ2n) is 6.31. The van der Waals surface area contributed by atoms with Gasteiger partial charge in [0.05, 0.1) is 21.4 Å². The van der Waals surface area contributed by atoms with Crippen molar-refractivity contribution in [1.29, 1.82) is 0 Å². The maximum atomic E-state index is 6.20. The van der Waals surface area contributed by atoms with Gasteiger partial charge in [-0.25, -0.2) is 4.68 Å². The predicted molar refractivity (Wildman–Crippen MR) is 106 cm³/mol. The zero-order valence-electron chi connectivity index (χ0n) is 14.1. The van der Waals surface area contributed by atoms with Crippen LogP contribution in [0.25, 0.3) is 16.9 Å². The molecule has 0 amide bonds. The van der Waals surface area contributed by atoms with E-state index in [1.54, 1.807) is 6.07 Å². The highest BCUT2D eigenvalue weighted by molar-refractivity contribution is 6.42. The van der Waals surface area contributed by atoms with E-state index in [1.165, 1.54) is 5.56 Å². The fourth-order valence-corrected chi connectivity index (χ4v) is 3.43. The van der Waals surface area contributed by atoms with Crippen LogP contribution in [0.4, 0.5) is 11.5 Å². The maximum Gasteiger partial charge on any atom is 0.133 e. The zero-order chi connectivity index (χ0) is 17.6. The topological polar surface area (TPSA) is 33.1 Å². The lowest BCUT2D eigenvalue weighted by atomic mass is 10.1. The second kappa shape index (κ2) is 6.28. The van der Waals surface area contributed by atoms with Crippen LogP contribution in [0.1, 0.15) is 5.56 Å². The SMILES string of the molecule is CN(C)c1cccc(-c2nn(-c3ccc(Cl)c(Cl)c3)c3c2CCN3)c1. The molecule has 4 rings (SSSR count). The molecule has 1 N–H and O–H groups in total. The van der Waals surface area contributed by atoms with Crippen LogP contribution in [0.5, 0.6) is 0 Å². The van der Waals surface area contributed by atoms with Crippen LogP contribution in [0.3, 0.4) is 0 Å². The Hall–Kier alpha value is -2.17. The third kappa shape index (κ3) is 2.86. The Bertz CT molecular complexity index is 947. The van der Waals surface area contributed by atoms with Crippen LogP contribution in [-0.2, 0) is 6.42 Å². The summed E-state index contributed by atoms with van der Waals surface area (Å²) in [5, 5.41) is 9.39. The monoisotopic (exact) mass is 372 g/mol. The Morgan fingerprint density at radius 3 is 2.68 bits per heavy atom. The van der Waals surface area contributed by atoms with Crippen molar-refractivity contribution < 1.29 is 0 Å². The highest BCUT2D eigenvalue weighted by atomic mass is 35.5.